The van der Waals surface area contributed by atoms with Gasteiger partial charge in [-0.2, -0.15) is 0 Å². The van der Waals surface area contributed by atoms with Crippen LogP contribution in [0.5, 0.6) is 5.75 Å². The van der Waals surface area contributed by atoms with Crippen LogP contribution in [0.15, 0.2) is 48.5 Å². The second-order valence-electron chi connectivity index (χ2n) is 6.85. The third-order valence-corrected chi connectivity index (χ3v) is 4.00. The maximum Gasteiger partial charge on any atom is 0.255 e. The van der Waals surface area contributed by atoms with Crippen LogP contribution in [0.3, 0.4) is 0 Å². The number of carbonyl (C=O) groups is 2. The molecule has 0 spiro atoms. The molecule has 2 amide bonds. The number of rotatable bonds is 9. The van der Waals surface area contributed by atoms with Gasteiger partial charge in [0.15, 0.2) is 0 Å². The molecular weight excluding hydrogens is 340 g/mol. The topological polar surface area (TPSA) is 67.4 Å². The SMILES string of the molecule is CCCNC(=O)c1cccc(NC(=O)c2ccc(OCCC(C)C)cc2)c1. The van der Waals surface area contributed by atoms with Crippen LogP contribution in [0.4, 0.5) is 5.69 Å². The van der Waals surface area contributed by atoms with Crippen molar-refractivity contribution < 1.29 is 14.3 Å². The molecule has 27 heavy (non-hydrogen) atoms. The van der Waals surface area contributed by atoms with Crippen molar-refractivity contribution >= 4 is 17.5 Å². The summed E-state index contributed by atoms with van der Waals surface area (Å²) in [6.07, 6.45) is 1.86. The maximum absolute atomic E-state index is 12.4. The van der Waals surface area contributed by atoms with Gasteiger partial charge in [-0.25, -0.2) is 0 Å². The number of benzene rings is 2. The zero-order chi connectivity index (χ0) is 19.6. The van der Waals surface area contributed by atoms with Gasteiger partial charge in [0, 0.05) is 23.4 Å². The van der Waals surface area contributed by atoms with Gasteiger partial charge in [-0.1, -0.05) is 26.8 Å². The number of amides is 2. The number of ether oxygens (including phenoxy) is 1. The number of nitrogens with one attached hydrogen (secondary N) is 2. The first-order valence-corrected chi connectivity index (χ1v) is 9.42. The lowest BCUT2D eigenvalue weighted by Crippen LogP contribution is -2.24. The summed E-state index contributed by atoms with van der Waals surface area (Å²) >= 11 is 0. The lowest BCUT2D eigenvalue weighted by atomic mass is 10.1. The van der Waals surface area contributed by atoms with E-state index in [-0.39, 0.29) is 11.8 Å². The Kier molecular flexibility index (Phi) is 7.86. The van der Waals surface area contributed by atoms with E-state index >= 15 is 0 Å². The second-order valence-corrected chi connectivity index (χ2v) is 6.85. The highest BCUT2D eigenvalue weighted by molar-refractivity contribution is 6.05. The summed E-state index contributed by atoms with van der Waals surface area (Å²) in [6, 6.07) is 14.0. The monoisotopic (exact) mass is 368 g/mol. The molecule has 2 rings (SSSR count). The molecule has 2 aromatic carbocycles. The number of hydrogen-bond acceptors (Lipinski definition) is 3. The van der Waals surface area contributed by atoms with Crippen molar-refractivity contribution in [1.29, 1.82) is 0 Å². The van der Waals surface area contributed by atoms with Crippen molar-refractivity contribution in [2.75, 3.05) is 18.5 Å². The van der Waals surface area contributed by atoms with Crippen LogP contribution < -0.4 is 15.4 Å². The van der Waals surface area contributed by atoms with E-state index in [1.54, 1.807) is 48.5 Å². The third kappa shape index (κ3) is 6.77. The molecule has 0 aliphatic carbocycles. The van der Waals surface area contributed by atoms with Crippen molar-refractivity contribution in [3.8, 4) is 5.75 Å². The van der Waals surface area contributed by atoms with Crippen LogP contribution >= 0.6 is 0 Å². The fourth-order valence-electron chi connectivity index (χ4n) is 2.40. The Bertz CT molecular complexity index is 754. The molecular formula is C22H28N2O3. The molecule has 0 unspecified atom stereocenters. The number of anilines is 1. The second kappa shape index (κ2) is 10.4. The largest absolute Gasteiger partial charge is 0.494 e. The van der Waals surface area contributed by atoms with E-state index < -0.39 is 0 Å². The predicted octanol–water partition coefficient (Wildman–Crippen LogP) is 4.50. The van der Waals surface area contributed by atoms with Gasteiger partial charge in [-0.3, -0.25) is 9.59 Å². The minimum Gasteiger partial charge on any atom is -0.494 e. The number of carbonyl (C=O) groups excluding carboxylic acids is 2. The van der Waals surface area contributed by atoms with Gasteiger partial charge < -0.3 is 15.4 Å². The zero-order valence-electron chi connectivity index (χ0n) is 16.2. The standard InChI is InChI=1S/C22H28N2O3/c1-4-13-23-21(25)18-6-5-7-19(15-18)24-22(26)17-8-10-20(11-9-17)27-14-12-16(2)3/h5-11,15-16H,4,12-14H2,1-3H3,(H,23,25)(H,24,26). The molecule has 0 bridgehead atoms. The first-order chi connectivity index (χ1) is 13.0. The first kappa shape index (κ1) is 20.5. The smallest absolute Gasteiger partial charge is 0.255 e. The van der Waals surface area contributed by atoms with E-state index in [4.69, 9.17) is 4.74 Å². The van der Waals surface area contributed by atoms with Gasteiger partial charge in [0.05, 0.1) is 6.61 Å². The van der Waals surface area contributed by atoms with E-state index in [2.05, 4.69) is 24.5 Å². The molecule has 5 nitrogen and oxygen atoms in total. The predicted molar refractivity (Wildman–Crippen MR) is 108 cm³/mol. The van der Waals surface area contributed by atoms with Gasteiger partial charge in [0.1, 0.15) is 5.75 Å². The summed E-state index contributed by atoms with van der Waals surface area (Å²) in [5, 5.41) is 5.65. The molecule has 0 saturated carbocycles. The lowest BCUT2D eigenvalue weighted by molar-refractivity contribution is 0.0952. The summed E-state index contributed by atoms with van der Waals surface area (Å²) in [5.41, 5.74) is 1.64. The van der Waals surface area contributed by atoms with Crippen LogP contribution in [-0.4, -0.2) is 25.0 Å². The van der Waals surface area contributed by atoms with E-state index in [0.29, 0.717) is 35.9 Å². The molecule has 0 aliphatic heterocycles. The first-order valence-electron chi connectivity index (χ1n) is 9.42. The molecule has 0 aromatic heterocycles. The highest BCUT2D eigenvalue weighted by Gasteiger charge is 2.09. The maximum atomic E-state index is 12.4. The molecule has 0 atom stereocenters. The molecule has 0 saturated heterocycles. The van der Waals surface area contributed by atoms with E-state index in [1.165, 1.54) is 0 Å². The molecule has 144 valence electrons. The molecule has 0 heterocycles. The van der Waals surface area contributed by atoms with Crippen molar-refractivity contribution in [3.63, 3.8) is 0 Å². The highest BCUT2D eigenvalue weighted by Crippen LogP contribution is 2.16. The normalized spacial score (nSPS) is 10.5. The van der Waals surface area contributed by atoms with Crippen molar-refractivity contribution in [2.24, 2.45) is 5.92 Å². The van der Waals surface area contributed by atoms with E-state index in [0.717, 1.165) is 18.6 Å². The van der Waals surface area contributed by atoms with Crippen LogP contribution in [0.2, 0.25) is 0 Å². The molecule has 2 N–H and O–H groups in total. The Morgan fingerprint density at radius 1 is 1.00 bits per heavy atom. The average Bonchev–Trinajstić information content (AvgIpc) is 2.66. The molecule has 0 radical (unpaired) electrons. The Morgan fingerprint density at radius 2 is 1.74 bits per heavy atom. The molecule has 5 heteroatoms. The minimum absolute atomic E-state index is 0.143. The van der Waals surface area contributed by atoms with Crippen LogP contribution in [-0.2, 0) is 0 Å². The summed E-state index contributed by atoms with van der Waals surface area (Å²) in [7, 11) is 0. The van der Waals surface area contributed by atoms with Gasteiger partial charge in [-0.05, 0) is 61.2 Å². The van der Waals surface area contributed by atoms with Crippen molar-refractivity contribution in [3.05, 3.63) is 59.7 Å². The Balaban J connectivity index is 1.95. The molecule has 2 aromatic rings. The summed E-state index contributed by atoms with van der Waals surface area (Å²) in [4.78, 5) is 24.5. The van der Waals surface area contributed by atoms with E-state index in [9.17, 15) is 9.59 Å². The average molecular weight is 368 g/mol. The van der Waals surface area contributed by atoms with Crippen molar-refractivity contribution in [1.82, 2.24) is 5.32 Å². The van der Waals surface area contributed by atoms with Crippen LogP contribution in [0.1, 0.15) is 54.3 Å². The lowest BCUT2D eigenvalue weighted by Gasteiger charge is -2.10. The Labute approximate surface area is 161 Å². The number of hydrogen-bond donors (Lipinski definition) is 2. The summed E-state index contributed by atoms with van der Waals surface area (Å²) in [5.74, 6) is 0.974. The van der Waals surface area contributed by atoms with Gasteiger partial charge in [0.25, 0.3) is 11.8 Å². The van der Waals surface area contributed by atoms with Crippen molar-refractivity contribution in [2.45, 2.75) is 33.6 Å². The van der Waals surface area contributed by atoms with E-state index in [1.807, 2.05) is 6.92 Å². The van der Waals surface area contributed by atoms with Crippen LogP contribution in [0, 0.1) is 5.92 Å². The fourth-order valence-corrected chi connectivity index (χ4v) is 2.40. The summed E-state index contributed by atoms with van der Waals surface area (Å²) < 4.78 is 5.67. The van der Waals surface area contributed by atoms with Gasteiger partial charge in [-0.15, -0.1) is 0 Å². The zero-order valence-corrected chi connectivity index (χ0v) is 16.2. The highest BCUT2D eigenvalue weighted by atomic mass is 16.5. The minimum atomic E-state index is -0.227. The quantitative estimate of drug-likeness (QED) is 0.685. The molecule has 0 aliphatic rings. The Hall–Kier alpha value is -2.82. The third-order valence-electron chi connectivity index (χ3n) is 4.00. The molecule has 0 fully saturated rings. The van der Waals surface area contributed by atoms with Gasteiger partial charge in [0.2, 0.25) is 0 Å². The fraction of sp³-hybridized carbons (Fsp3) is 0.364. The van der Waals surface area contributed by atoms with Crippen LogP contribution in [0.25, 0.3) is 0 Å². The Morgan fingerprint density at radius 3 is 2.41 bits per heavy atom. The van der Waals surface area contributed by atoms with Gasteiger partial charge >= 0.3 is 0 Å². The summed E-state index contributed by atoms with van der Waals surface area (Å²) in [6.45, 7) is 7.59.